The van der Waals surface area contributed by atoms with Crippen molar-refractivity contribution >= 4 is 11.6 Å². The average molecular weight is 258 g/mol. The Morgan fingerprint density at radius 2 is 2.11 bits per heavy atom. The number of carbonyl (C=O) groups is 1. The molecule has 3 aromatic rings. The molecule has 0 radical (unpaired) electrons. The minimum absolute atomic E-state index is 0.0603. The van der Waals surface area contributed by atoms with Crippen LogP contribution in [0.15, 0.2) is 22.9 Å². The van der Waals surface area contributed by atoms with Gasteiger partial charge in [0.15, 0.2) is 11.5 Å². The summed E-state index contributed by atoms with van der Waals surface area (Å²) in [5.74, 6) is -0.531. The topological polar surface area (TPSA) is 93.5 Å². The lowest BCUT2D eigenvalue weighted by molar-refractivity contribution is 0.0699. The zero-order valence-corrected chi connectivity index (χ0v) is 10.3. The van der Waals surface area contributed by atoms with Gasteiger partial charge in [0.05, 0.1) is 11.9 Å². The fourth-order valence-corrected chi connectivity index (χ4v) is 1.88. The minimum atomic E-state index is -1.06. The number of nitrogens with zero attached hydrogens (tertiary/aromatic N) is 4. The van der Waals surface area contributed by atoms with Gasteiger partial charge < -0.3 is 9.52 Å². The quantitative estimate of drug-likeness (QED) is 0.751. The minimum Gasteiger partial charge on any atom is -0.477 e. The summed E-state index contributed by atoms with van der Waals surface area (Å²) in [6.07, 6.45) is 2.78. The normalized spacial score (nSPS) is 11.1. The summed E-state index contributed by atoms with van der Waals surface area (Å²) < 4.78 is 6.63. The highest BCUT2D eigenvalue weighted by Crippen LogP contribution is 2.20. The fraction of sp³-hybridized carbons (Fsp3) is 0.167. The summed E-state index contributed by atoms with van der Waals surface area (Å²) in [6, 6.07) is 1.78. The standard InChI is InChI=1S/C12H10N4O3/c1-6-3-9(10-5-19-7(2)14-10)15-11-8(12(17)18)4-13-16(6)11/h3-5H,1-2H3,(H,17,18). The maximum atomic E-state index is 11.1. The lowest BCUT2D eigenvalue weighted by Gasteiger charge is -2.02. The van der Waals surface area contributed by atoms with E-state index in [1.165, 1.54) is 17.0 Å². The Kier molecular flexibility index (Phi) is 2.34. The second kappa shape index (κ2) is 3.91. The molecule has 0 saturated carbocycles. The molecule has 0 fully saturated rings. The van der Waals surface area contributed by atoms with Crippen LogP contribution in [0.4, 0.5) is 0 Å². The molecular formula is C12H10N4O3. The Hall–Kier alpha value is -2.70. The van der Waals surface area contributed by atoms with E-state index in [4.69, 9.17) is 9.52 Å². The number of aromatic nitrogens is 4. The molecule has 3 rings (SSSR count). The molecule has 1 N–H and O–H groups in total. The number of rotatable bonds is 2. The van der Waals surface area contributed by atoms with Gasteiger partial charge in [0.25, 0.3) is 0 Å². The van der Waals surface area contributed by atoms with E-state index >= 15 is 0 Å². The van der Waals surface area contributed by atoms with Crippen LogP contribution in [-0.2, 0) is 0 Å². The van der Waals surface area contributed by atoms with E-state index < -0.39 is 5.97 Å². The maximum absolute atomic E-state index is 11.1. The SMILES string of the molecule is Cc1nc(-c2cc(C)n3ncc(C(=O)O)c3n2)co1. The van der Waals surface area contributed by atoms with E-state index in [2.05, 4.69) is 15.1 Å². The molecule has 0 amide bonds. The predicted octanol–water partition coefficient (Wildman–Crippen LogP) is 1.70. The molecule has 0 spiro atoms. The first-order valence-electron chi connectivity index (χ1n) is 5.57. The molecule has 0 saturated heterocycles. The van der Waals surface area contributed by atoms with E-state index in [9.17, 15) is 4.79 Å². The van der Waals surface area contributed by atoms with Gasteiger partial charge in [-0.1, -0.05) is 0 Å². The van der Waals surface area contributed by atoms with Gasteiger partial charge in [-0.2, -0.15) is 5.10 Å². The number of fused-ring (bicyclic) bond motifs is 1. The van der Waals surface area contributed by atoms with Crippen LogP contribution in [-0.4, -0.2) is 30.7 Å². The highest BCUT2D eigenvalue weighted by Gasteiger charge is 2.16. The Bertz CT molecular complexity index is 787. The molecule has 3 aromatic heterocycles. The molecule has 0 aromatic carbocycles. The van der Waals surface area contributed by atoms with Crippen LogP contribution in [0.3, 0.4) is 0 Å². The van der Waals surface area contributed by atoms with E-state index in [0.29, 0.717) is 22.9 Å². The molecule has 3 heterocycles. The van der Waals surface area contributed by atoms with Gasteiger partial charge in [0.1, 0.15) is 17.5 Å². The Labute approximate surface area is 107 Å². The van der Waals surface area contributed by atoms with Crippen molar-refractivity contribution in [2.75, 3.05) is 0 Å². The third-order valence-corrected chi connectivity index (χ3v) is 2.76. The average Bonchev–Trinajstić information content (AvgIpc) is 2.94. The van der Waals surface area contributed by atoms with Gasteiger partial charge in [-0.3, -0.25) is 0 Å². The number of hydrogen-bond acceptors (Lipinski definition) is 5. The van der Waals surface area contributed by atoms with Crippen molar-refractivity contribution in [1.29, 1.82) is 0 Å². The molecule has 0 unspecified atom stereocenters. The number of hydrogen-bond donors (Lipinski definition) is 1. The van der Waals surface area contributed by atoms with Crippen molar-refractivity contribution < 1.29 is 14.3 Å². The highest BCUT2D eigenvalue weighted by atomic mass is 16.4. The van der Waals surface area contributed by atoms with Crippen molar-refractivity contribution in [2.45, 2.75) is 13.8 Å². The number of oxazole rings is 1. The molecule has 0 aliphatic rings. The summed E-state index contributed by atoms with van der Waals surface area (Å²) in [5, 5.41) is 13.1. The van der Waals surface area contributed by atoms with Crippen molar-refractivity contribution in [3.8, 4) is 11.4 Å². The van der Waals surface area contributed by atoms with Crippen LogP contribution in [0.2, 0.25) is 0 Å². The third kappa shape index (κ3) is 1.75. The largest absolute Gasteiger partial charge is 0.477 e. The summed E-state index contributed by atoms with van der Waals surface area (Å²) in [5.41, 5.74) is 2.26. The molecule has 7 nitrogen and oxygen atoms in total. The molecule has 0 atom stereocenters. The van der Waals surface area contributed by atoms with Gasteiger partial charge in [-0.25, -0.2) is 19.3 Å². The van der Waals surface area contributed by atoms with Crippen LogP contribution < -0.4 is 0 Å². The first kappa shape index (κ1) is 11.4. The third-order valence-electron chi connectivity index (χ3n) is 2.76. The van der Waals surface area contributed by atoms with Crippen LogP contribution in [0, 0.1) is 13.8 Å². The zero-order valence-electron chi connectivity index (χ0n) is 10.3. The number of carboxylic acid groups (broad SMARTS) is 1. The van der Waals surface area contributed by atoms with Crippen LogP contribution in [0.5, 0.6) is 0 Å². The Morgan fingerprint density at radius 3 is 2.74 bits per heavy atom. The maximum Gasteiger partial charge on any atom is 0.341 e. The van der Waals surface area contributed by atoms with Gasteiger partial charge in [0, 0.05) is 12.6 Å². The monoisotopic (exact) mass is 258 g/mol. The molecule has 0 bridgehead atoms. The Balaban J connectivity index is 2.27. The lowest BCUT2D eigenvalue weighted by atomic mass is 10.2. The van der Waals surface area contributed by atoms with Crippen molar-refractivity contribution in [1.82, 2.24) is 19.6 Å². The van der Waals surface area contributed by atoms with Crippen molar-refractivity contribution in [3.05, 3.63) is 35.7 Å². The number of aromatic carboxylic acids is 1. The van der Waals surface area contributed by atoms with E-state index in [0.717, 1.165) is 5.69 Å². The lowest BCUT2D eigenvalue weighted by Crippen LogP contribution is -2.01. The smallest absolute Gasteiger partial charge is 0.341 e. The molecule has 96 valence electrons. The second-order valence-electron chi connectivity index (χ2n) is 4.13. The van der Waals surface area contributed by atoms with E-state index in [1.807, 2.05) is 6.92 Å². The Morgan fingerprint density at radius 1 is 1.32 bits per heavy atom. The predicted molar refractivity (Wildman–Crippen MR) is 64.9 cm³/mol. The summed E-state index contributed by atoms with van der Waals surface area (Å²) in [6.45, 7) is 3.56. The molecule has 7 heteroatoms. The number of aryl methyl sites for hydroxylation is 2. The first-order chi connectivity index (χ1) is 9.06. The molecule has 19 heavy (non-hydrogen) atoms. The van der Waals surface area contributed by atoms with Gasteiger partial charge >= 0.3 is 5.97 Å². The van der Waals surface area contributed by atoms with Crippen LogP contribution >= 0.6 is 0 Å². The van der Waals surface area contributed by atoms with Gasteiger partial charge in [0.2, 0.25) is 0 Å². The highest BCUT2D eigenvalue weighted by molar-refractivity contribution is 5.94. The first-order valence-corrected chi connectivity index (χ1v) is 5.57. The molecular weight excluding hydrogens is 248 g/mol. The second-order valence-corrected chi connectivity index (χ2v) is 4.13. The van der Waals surface area contributed by atoms with Gasteiger partial charge in [-0.05, 0) is 13.0 Å². The van der Waals surface area contributed by atoms with Crippen molar-refractivity contribution in [2.24, 2.45) is 0 Å². The van der Waals surface area contributed by atoms with Crippen LogP contribution in [0.1, 0.15) is 21.9 Å². The van der Waals surface area contributed by atoms with E-state index in [-0.39, 0.29) is 5.56 Å². The molecule has 0 aliphatic carbocycles. The molecule has 0 aliphatic heterocycles. The fourth-order valence-electron chi connectivity index (χ4n) is 1.88. The van der Waals surface area contributed by atoms with Gasteiger partial charge in [-0.15, -0.1) is 0 Å². The summed E-state index contributed by atoms with van der Waals surface area (Å²) >= 11 is 0. The van der Waals surface area contributed by atoms with Crippen LogP contribution in [0.25, 0.3) is 17.0 Å². The summed E-state index contributed by atoms with van der Waals surface area (Å²) in [4.78, 5) is 19.6. The number of carboxylic acids is 1. The zero-order chi connectivity index (χ0) is 13.6. The van der Waals surface area contributed by atoms with Crippen molar-refractivity contribution in [3.63, 3.8) is 0 Å². The van der Waals surface area contributed by atoms with E-state index in [1.54, 1.807) is 13.0 Å². The summed E-state index contributed by atoms with van der Waals surface area (Å²) in [7, 11) is 0.